The van der Waals surface area contributed by atoms with Crippen LogP contribution in [0.25, 0.3) is 0 Å². The lowest BCUT2D eigenvalue weighted by Crippen LogP contribution is -2.44. The second-order valence-electron chi connectivity index (χ2n) is 5.64. The molecule has 0 aliphatic rings. The Balaban J connectivity index is 2.19. The summed E-state index contributed by atoms with van der Waals surface area (Å²) >= 11 is 0. The molecule has 0 aliphatic heterocycles. The molecule has 0 aromatic heterocycles. The van der Waals surface area contributed by atoms with E-state index < -0.39 is 18.2 Å². The van der Waals surface area contributed by atoms with Crippen LogP contribution in [0.2, 0.25) is 0 Å². The van der Waals surface area contributed by atoms with Crippen LogP contribution in [0.15, 0.2) is 54.6 Å². The van der Waals surface area contributed by atoms with Gasteiger partial charge in [0.2, 0.25) is 0 Å². The molecule has 0 radical (unpaired) electrons. The van der Waals surface area contributed by atoms with Crippen LogP contribution in [0.4, 0.5) is 5.69 Å². The van der Waals surface area contributed by atoms with Crippen molar-refractivity contribution in [1.29, 1.82) is 0 Å². The van der Waals surface area contributed by atoms with Gasteiger partial charge in [0, 0.05) is 19.8 Å². The van der Waals surface area contributed by atoms with E-state index in [1.54, 1.807) is 38.2 Å². The van der Waals surface area contributed by atoms with Gasteiger partial charge >= 0.3 is 5.97 Å². The third-order valence-corrected chi connectivity index (χ3v) is 4.03. The summed E-state index contributed by atoms with van der Waals surface area (Å²) < 4.78 is 10.6. The molecule has 132 valence electrons. The lowest BCUT2D eigenvalue weighted by Gasteiger charge is -2.32. The summed E-state index contributed by atoms with van der Waals surface area (Å²) in [7, 11) is 3.16. The van der Waals surface area contributed by atoms with Crippen molar-refractivity contribution in [3.05, 3.63) is 60.2 Å². The van der Waals surface area contributed by atoms with Crippen LogP contribution in [-0.2, 0) is 19.9 Å². The molecule has 0 bridgehead atoms. The molecule has 2 rings (SSSR count). The standard InChI is InChI=1S/C19H21NO5/c1-19(24-3,14-7-5-4-6-8-14)18(23)20(2)15-9-11-16(12-10-15)25-13-17(21)22/h4-12H,13H2,1-3H3,(H,21,22). The van der Waals surface area contributed by atoms with Gasteiger partial charge < -0.3 is 19.5 Å². The number of carbonyl (C=O) groups is 2. The summed E-state index contributed by atoms with van der Waals surface area (Å²) in [6.45, 7) is 1.31. The summed E-state index contributed by atoms with van der Waals surface area (Å²) in [4.78, 5) is 25.0. The van der Waals surface area contributed by atoms with E-state index in [2.05, 4.69) is 0 Å². The quantitative estimate of drug-likeness (QED) is 0.836. The first-order valence-electron chi connectivity index (χ1n) is 7.72. The molecule has 6 nitrogen and oxygen atoms in total. The van der Waals surface area contributed by atoms with Crippen LogP contribution in [-0.4, -0.2) is 37.7 Å². The normalized spacial score (nSPS) is 12.9. The Bertz CT molecular complexity index is 729. The number of likely N-dealkylation sites (N-methyl/N-ethyl adjacent to an activating group) is 1. The van der Waals surface area contributed by atoms with E-state index in [1.165, 1.54) is 12.0 Å². The molecular formula is C19H21NO5. The fourth-order valence-corrected chi connectivity index (χ4v) is 2.43. The highest BCUT2D eigenvalue weighted by atomic mass is 16.5. The van der Waals surface area contributed by atoms with Crippen molar-refractivity contribution in [1.82, 2.24) is 0 Å². The highest BCUT2D eigenvalue weighted by molar-refractivity contribution is 5.99. The van der Waals surface area contributed by atoms with Gasteiger partial charge in [0.1, 0.15) is 5.75 Å². The minimum atomic E-state index is -1.12. The van der Waals surface area contributed by atoms with Crippen LogP contribution >= 0.6 is 0 Å². The Morgan fingerprint density at radius 2 is 1.68 bits per heavy atom. The highest BCUT2D eigenvalue weighted by Crippen LogP contribution is 2.29. The SMILES string of the molecule is COC(C)(C(=O)N(C)c1ccc(OCC(=O)O)cc1)c1ccccc1. The third-order valence-electron chi connectivity index (χ3n) is 4.03. The maximum atomic E-state index is 13.0. The summed E-state index contributed by atoms with van der Waals surface area (Å²) in [5.74, 6) is -0.847. The largest absolute Gasteiger partial charge is 0.482 e. The maximum absolute atomic E-state index is 13.0. The first-order chi connectivity index (χ1) is 11.9. The second kappa shape index (κ2) is 7.81. The molecule has 0 saturated heterocycles. The maximum Gasteiger partial charge on any atom is 0.341 e. The van der Waals surface area contributed by atoms with E-state index in [-0.39, 0.29) is 5.91 Å². The Hall–Kier alpha value is -2.86. The number of nitrogens with zero attached hydrogens (tertiary/aromatic N) is 1. The molecule has 1 amide bonds. The van der Waals surface area contributed by atoms with Gasteiger partial charge in [-0.2, -0.15) is 0 Å². The van der Waals surface area contributed by atoms with Crippen molar-refractivity contribution < 1.29 is 24.2 Å². The Morgan fingerprint density at radius 3 is 2.20 bits per heavy atom. The number of carboxylic acid groups (broad SMARTS) is 1. The van der Waals surface area contributed by atoms with E-state index in [0.717, 1.165) is 5.56 Å². The summed E-state index contributed by atoms with van der Waals surface area (Å²) in [5.41, 5.74) is 0.289. The van der Waals surface area contributed by atoms with Gasteiger partial charge in [0.25, 0.3) is 5.91 Å². The third kappa shape index (κ3) is 4.16. The molecule has 0 saturated carbocycles. The van der Waals surface area contributed by atoms with Crippen LogP contribution in [0.1, 0.15) is 12.5 Å². The zero-order chi connectivity index (χ0) is 18.4. The van der Waals surface area contributed by atoms with Gasteiger partial charge in [-0.15, -0.1) is 0 Å². The van der Waals surface area contributed by atoms with E-state index in [1.807, 2.05) is 30.3 Å². The van der Waals surface area contributed by atoms with Gasteiger partial charge in [0.05, 0.1) is 0 Å². The highest BCUT2D eigenvalue weighted by Gasteiger charge is 2.37. The molecule has 25 heavy (non-hydrogen) atoms. The monoisotopic (exact) mass is 343 g/mol. The predicted molar refractivity (Wildman–Crippen MR) is 93.8 cm³/mol. The number of ether oxygens (including phenoxy) is 2. The van der Waals surface area contributed by atoms with Crippen molar-refractivity contribution in [2.45, 2.75) is 12.5 Å². The molecule has 0 heterocycles. The topological polar surface area (TPSA) is 76.1 Å². The van der Waals surface area contributed by atoms with E-state index >= 15 is 0 Å². The number of hydrogen-bond acceptors (Lipinski definition) is 4. The Labute approximate surface area is 146 Å². The number of hydrogen-bond donors (Lipinski definition) is 1. The molecule has 0 spiro atoms. The number of carboxylic acids is 1. The van der Waals surface area contributed by atoms with Crippen molar-refractivity contribution in [2.75, 3.05) is 25.7 Å². The molecule has 0 fully saturated rings. The van der Waals surface area contributed by atoms with Gasteiger partial charge in [-0.25, -0.2) is 4.79 Å². The van der Waals surface area contributed by atoms with Crippen molar-refractivity contribution in [2.24, 2.45) is 0 Å². The molecular weight excluding hydrogens is 322 g/mol. The molecule has 1 atom stereocenters. The molecule has 1 unspecified atom stereocenters. The van der Waals surface area contributed by atoms with Gasteiger partial charge in [-0.3, -0.25) is 4.79 Å². The zero-order valence-corrected chi connectivity index (χ0v) is 14.4. The number of amides is 1. The lowest BCUT2D eigenvalue weighted by atomic mass is 9.94. The zero-order valence-electron chi connectivity index (χ0n) is 14.4. The summed E-state index contributed by atoms with van der Waals surface area (Å²) in [6, 6.07) is 15.9. The van der Waals surface area contributed by atoms with Crippen molar-refractivity contribution >= 4 is 17.6 Å². The fourth-order valence-electron chi connectivity index (χ4n) is 2.43. The van der Waals surface area contributed by atoms with Gasteiger partial charge in [-0.05, 0) is 36.8 Å². The average molecular weight is 343 g/mol. The molecule has 2 aromatic carbocycles. The smallest absolute Gasteiger partial charge is 0.341 e. The second-order valence-corrected chi connectivity index (χ2v) is 5.64. The summed E-state index contributed by atoms with van der Waals surface area (Å²) in [6.07, 6.45) is 0. The first-order valence-corrected chi connectivity index (χ1v) is 7.72. The Morgan fingerprint density at radius 1 is 1.08 bits per heavy atom. The Kier molecular flexibility index (Phi) is 5.77. The van der Waals surface area contributed by atoms with Crippen molar-refractivity contribution in [3.8, 4) is 5.75 Å². The molecule has 0 aliphatic carbocycles. The number of aliphatic carboxylic acids is 1. The van der Waals surface area contributed by atoms with E-state index in [9.17, 15) is 9.59 Å². The van der Waals surface area contributed by atoms with Crippen LogP contribution < -0.4 is 9.64 Å². The number of anilines is 1. The number of methoxy groups -OCH3 is 1. The fraction of sp³-hybridized carbons (Fsp3) is 0.263. The minimum absolute atomic E-state index is 0.222. The predicted octanol–water partition coefficient (Wildman–Crippen LogP) is 2.67. The van der Waals surface area contributed by atoms with Crippen LogP contribution in [0.5, 0.6) is 5.75 Å². The van der Waals surface area contributed by atoms with E-state index in [0.29, 0.717) is 11.4 Å². The van der Waals surface area contributed by atoms with Crippen LogP contribution in [0, 0.1) is 0 Å². The summed E-state index contributed by atoms with van der Waals surface area (Å²) in [5, 5.41) is 8.62. The average Bonchev–Trinajstić information content (AvgIpc) is 2.65. The minimum Gasteiger partial charge on any atom is -0.482 e. The van der Waals surface area contributed by atoms with Crippen LogP contribution in [0.3, 0.4) is 0 Å². The van der Waals surface area contributed by atoms with Crippen molar-refractivity contribution in [3.63, 3.8) is 0 Å². The first kappa shape index (κ1) is 18.5. The number of carbonyl (C=O) groups excluding carboxylic acids is 1. The molecule has 6 heteroatoms. The van der Waals surface area contributed by atoms with E-state index in [4.69, 9.17) is 14.6 Å². The van der Waals surface area contributed by atoms with Gasteiger partial charge in [0.15, 0.2) is 12.2 Å². The van der Waals surface area contributed by atoms with Gasteiger partial charge in [-0.1, -0.05) is 30.3 Å². The number of rotatable bonds is 7. The molecule has 2 aromatic rings. The number of benzene rings is 2. The molecule has 1 N–H and O–H groups in total. The lowest BCUT2D eigenvalue weighted by molar-refractivity contribution is -0.140.